The molecule has 0 amide bonds. The summed E-state index contributed by atoms with van der Waals surface area (Å²) in [6, 6.07) is 1.12. The van der Waals surface area contributed by atoms with Crippen molar-refractivity contribution in [3.05, 3.63) is 0 Å². The predicted molar refractivity (Wildman–Crippen MR) is 50.2 cm³/mol. The molecule has 1 heterocycles. The Hall–Kier alpha value is -0.120. The lowest BCUT2D eigenvalue weighted by molar-refractivity contribution is 0.133. The summed E-state index contributed by atoms with van der Waals surface area (Å²) in [5.41, 5.74) is 0. The minimum Gasteiger partial charge on any atom is -0.396 e. The van der Waals surface area contributed by atoms with Crippen molar-refractivity contribution < 1.29 is 5.11 Å². The average Bonchev–Trinajstić information content (AvgIpc) is 2.05. The number of aliphatic hydroxyl groups excluding tert-OH is 1. The van der Waals surface area contributed by atoms with Crippen LogP contribution in [0.15, 0.2) is 0 Å². The lowest BCUT2D eigenvalue weighted by Crippen LogP contribution is -2.52. The zero-order valence-corrected chi connectivity index (χ0v) is 8.08. The molecular formula is C9H20N2O. The second-order valence-electron chi connectivity index (χ2n) is 3.71. The fraction of sp³-hybridized carbons (Fsp3) is 1.00. The maximum absolute atomic E-state index is 8.79. The fourth-order valence-corrected chi connectivity index (χ4v) is 1.73. The van der Waals surface area contributed by atoms with Crippen molar-refractivity contribution in [1.29, 1.82) is 0 Å². The summed E-state index contributed by atoms with van der Waals surface area (Å²) in [5, 5.41) is 12.2. The van der Waals surface area contributed by atoms with Gasteiger partial charge in [-0.3, -0.25) is 4.90 Å². The van der Waals surface area contributed by atoms with Crippen LogP contribution in [0.4, 0.5) is 0 Å². The zero-order chi connectivity index (χ0) is 8.97. The Morgan fingerprint density at radius 3 is 3.00 bits per heavy atom. The molecule has 3 heteroatoms. The highest BCUT2D eigenvalue weighted by Gasteiger charge is 2.19. The summed E-state index contributed by atoms with van der Waals surface area (Å²) in [7, 11) is 0. The van der Waals surface area contributed by atoms with Gasteiger partial charge >= 0.3 is 0 Å². The Balaban J connectivity index is 2.29. The van der Waals surface area contributed by atoms with Crippen molar-refractivity contribution in [1.82, 2.24) is 10.2 Å². The molecule has 1 aliphatic heterocycles. The van der Waals surface area contributed by atoms with E-state index in [1.54, 1.807) is 0 Å². The monoisotopic (exact) mass is 172 g/mol. The Kier molecular flexibility index (Phi) is 3.98. The Morgan fingerprint density at radius 1 is 1.67 bits per heavy atom. The third-order valence-electron chi connectivity index (χ3n) is 2.57. The summed E-state index contributed by atoms with van der Waals surface area (Å²) in [6.07, 6.45) is 0.896. The lowest BCUT2D eigenvalue weighted by Gasteiger charge is -2.36. The first-order valence-corrected chi connectivity index (χ1v) is 4.82. The van der Waals surface area contributed by atoms with Gasteiger partial charge in [0.15, 0.2) is 0 Å². The van der Waals surface area contributed by atoms with Crippen molar-refractivity contribution in [2.24, 2.45) is 0 Å². The maximum atomic E-state index is 8.79. The van der Waals surface area contributed by atoms with E-state index in [9.17, 15) is 0 Å². The number of rotatable bonds is 3. The van der Waals surface area contributed by atoms with Gasteiger partial charge in [-0.1, -0.05) is 0 Å². The van der Waals surface area contributed by atoms with Gasteiger partial charge in [-0.05, 0) is 20.3 Å². The molecule has 72 valence electrons. The van der Waals surface area contributed by atoms with Crippen molar-refractivity contribution in [3.8, 4) is 0 Å². The van der Waals surface area contributed by atoms with Crippen LogP contribution in [-0.4, -0.2) is 48.3 Å². The van der Waals surface area contributed by atoms with Crippen LogP contribution >= 0.6 is 0 Å². The number of nitrogens with zero attached hydrogens (tertiary/aromatic N) is 1. The van der Waals surface area contributed by atoms with E-state index in [-0.39, 0.29) is 0 Å². The molecule has 12 heavy (non-hydrogen) atoms. The molecule has 0 aromatic heterocycles. The Labute approximate surface area is 74.8 Å². The number of piperazine rings is 1. The molecular weight excluding hydrogens is 152 g/mol. The summed E-state index contributed by atoms with van der Waals surface area (Å²) >= 11 is 0. The van der Waals surface area contributed by atoms with Crippen LogP contribution in [-0.2, 0) is 0 Å². The smallest absolute Gasteiger partial charge is 0.0445 e. The molecule has 1 saturated heterocycles. The molecule has 0 radical (unpaired) electrons. The molecule has 1 rings (SSSR count). The number of nitrogens with one attached hydrogen (secondary N) is 1. The van der Waals surface area contributed by atoms with Crippen LogP contribution in [0.5, 0.6) is 0 Å². The SMILES string of the molecule is CC1CN(C(C)CCO)CCN1. The van der Waals surface area contributed by atoms with Gasteiger partial charge in [0, 0.05) is 38.3 Å². The minimum atomic E-state index is 0.305. The number of aliphatic hydroxyl groups is 1. The van der Waals surface area contributed by atoms with E-state index in [0.29, 0.717) is 18.7 Å². The van der Waals surface area contributed by atoms with Crippen molar-refractivity contribution in [2.45, 2.75) is 32.4 Å². The molecule has 0 spiro atoms. The third-order valence-corrected chi connectivity index (χ3v) is 2.57. The van der Waals surface area contributed by atoms with Gasteiger partial charge in [0.25, 0.3) is 0 Å². The molecule has 0 aliphatic carbocycles. The third kappa shape index (κ3) is 2.73. The topological polar surface area (TPSA) is 35.5 Å². The summed E-state index contributed by atoms with van der Waals surface area (Å²) in [6.45, 7) is 8.01. The van der Waals surface area contributed by atoms with Gasteiger partial charge in [0.1, 0.15) is 0 Å². The highest BCUT2D eigenvalue weighted by atomic mass is 16.3. The largest absolute Gasteiger partial charge is 0.396 e. The van der Waals surface area contributed by atoms with Crippen molar-refractivity contribution in [2.75, 3.05) is 26.2 Å². The van der Waals surface area contributed by atoms with Gasteiger partial charge in [0.2, 0.25) is 0 Å². The quantitative estimate of drug-likeness (QED) is 0.631. The second kappa shape index (κ2) is 4.80. The molecule has 3 nitrogen and oxygen atoms in total. The average molecular weight is 172 g/mol. The molecule has 0 saturated carbocycles. The van der Waals surface area contributed by atoms with Gasteiger partial charge in [-0.2, -0.15) is 0 Å². The molecule has 1 aliphatic rings. The summed E-state index contributed by atoms with van der Waals surface area (Å²) in [4.78, 5) is 2.44. The van der Waals surface area contributed by atoms with E-state index in [1.165, 1.54) is 0 Å². The van der Waals surface area contributed by atoms with Crippen LogP contribution in [0.3, 0.4) is 0 Å². The van der Waals surface area contributed by atoms with Crippen molar-refractivity contribution in [3.63, 3.8) is 0 Å². The maximum Gasteiger partial charge on any atom is 0.0445 e. The fourth-order valence-electron chi connectivity index (χ4n) is 1.73. The molecule has 2 atom stereocenters. The first kappa shape index (κ1) is 9.96. The zero-order valence-electron chi connectivity index (χ0n) is 8.08. The van der Waals surface area contributed by atoms with E-state index in [0.717, 1.165) is 26.1 Å². The Morgan fingerprint density at radius 2 is 2.42 bits per heavy atom. The molecule has 0 aromatic rings. The van der Waals surface area contributed by atoms with Crippen LogP contribution < -0.4 is 5.32 Å². The summed E-state index contributed by atoms with van der Waals surface area (Å²) < 4.78 is 0. The van der Waals surface area contributed by atoms with E-state index >= 15 is 0 Å². The van der Waals surface area contributed by atoms with E-state index in [4.69, 9.17) is 5.11 Å². The van der Waals surface area contributed by atoms with Crippen LogP contribution in [0.2, 0.25) is 0 Å². The van der Waals surface area contributed by atoms with Crippen LogP contribution in [0, 0.1) is 0 Å². The molecule has 0 bridgehead atoms. The molecule has 1 fully saturated rings. The van der Waals surface area contributed by atoms with Gasteiger partial charge < -0.3 is 10.4 Å². The minimum absolute atomic E-state index is 0.305. The molecule has 0 aromatic carbocycles. The molecule has 2 N–H and O–H groups in total. The lowest BCUT2D eigenvalue weighted by atomic mass is 10.1. The highest BCUT2D eigenvalue weighted by molar-refractivity contribution is 4.78. The van der Waals surface area contributed by atoms with E-state index in [2.05, 4.69) is 24.1 Å². The van der Waals surface area contributed by atoms with E-state index < -0.39 is 0 Å². The van der Waals surface area contributed by atoms with Gasteiger partial charge in [0.05, 0.1) is 0 Å². The van der Waals surface area contributed by atoms with Gasteiger partial charge in [-0.15, -0.1) is 0 Å². The first-order valence-electron chi connectivity index (χ1n) is 4.82. The number of hydrogen-bond acceptors (Lipinski definition) is 3. The normalized spacial score (nSPS) is 28.8. The van der Waals surface area contributed by atoms with Crippen LogP contribution in [0.25, 0.3) is 0 Å². The predicted octanol–water partition coefficient (Wildman–Crippen LogP) is 0.0510. The number of hydrogen-bond donors (Lipinski definition) is 2. The molecule has 2 unspecified atom stereocenters. The Bertz CT molecular complexity index is 130. The standard InChI is InChI=1S/C9H20N2O/c1-8-7-11(5-4-10-8)9(2)3-6-12/h8-10,12H,3-7H2,1-2H3. The van der Waals surface area contributed by atoms with Gasteiger partial charge in [-0.25, -0.2) is 0 Å². The van der Waals surface area contributed by atoms with E-state index in [1.807, 2.05) is 0 Å². The second-order valence-corrected chi connectivity index (χ2v) is 3.71. The van der Waals surface area contributed by atoms with Crippen molar-refractivity contribution >= 4 is 0 Å². The van der Waals surface area contributed by atoms with Crippen LogP contribution in [0.1, 0.15) is 20.3 Å². The summed E-state index contributed by atoms with van der Waals surface area (Å²) in [5.74, 6) is 0. The highest BCUT2D eigenvalue weighted by Crippen LogP contribution is 2.06. The first-order chi connectivity index (χ1) is 5.74.